The fourth-order valence-corrected chi connectivity index (χ4v) is 4.07. The third kappa shape index (κ3) is 9.93. The van der Waals surface area contributed by atoms with Crippen LogP contribution < -0.4 is 16.0 Å². The zero-order valence-corrected chi connectivity index (χ0v) is 23.4. The first-order chi connectivity index (χ1) is 20.2. The molecule has 11 nitrogen and oxygen atoms in total. The van der Waals surface area contributed by atoms with E-state index in [2.05, 4.69) is 20.7 Å². The molecule has 222 valence electrons. The molecule has 0 aliphatic rings. The van der Waals surface area contributed by atoms with E-state index in [-0.39, 0.29) is 25.2 Å². The summed E-state index contributed by atoms with van der Waals surface area (Å²) in [6.45, 7) is 1.31. The van der Waals surface area contributed by atoms with Gasteiger partial charge in [0.2, 0.25) is 11.8 Å². The smallest absolute Gasteiger partial charge is 0.408 e. The molecule has 5 N–H and O–H groups in total. The summed E-state index contributed by atoms with van der Waals surface area (Å²) in [5.74, 6) is -2.29. The second-order valence-corrected chi connectivity index (χ2v) is 9.63. The third-order valence-electron chi connectivity index (χ3n) is 6.35. The largest absolute Gasteiger partial charge is 0.508 e. The number of aromatic hydroxyl groups is 1. The van der Waals surface area contributed by atoms with Crippen molar-refractivity contribution in [1.29, 1.82) is 0 Å². The second-order valence-electron chi connectivity index (χ2n) is 9.63. The van der Waals surface area contributed by atoms with Gasteiger partial charge < -0.3 is 35.6 Å². The molecule has 0 radical (unpaired) electrons. The Morgan fingerprint density at radius 3 is 1.76 bits per heavy atom. The zero-order valence-electron chi connectivity index (χ0n) is 23.4. The average Bonchev–Trinajstić information content (AvgIpc) is 2.99. The lowest BCUT2D eigenvalue weighted by Gasteiger charge is -2.26. The van der Waals surface area contributed by atoms with E-state index >= 15 is 0 Å². The molecule has 0 bridgehead atoms. The maximum absolute atomic E-state index is 13.6. The summed E-state index contributed by atoms with van der Waals surface area (Å²) >= 11 is 0. The van der Waals surface area contributed by atoms with Gasteiger partial charge in [-0.15, -0.1) is 0 Å². The van der Waals surface area contributed by atoms with Crippen molar-refractivity contribution in [3.05, 3.63) is 102 Å². The number of rotatable bonds is 13. The lowest BCUT2D eigenvalue weighted by atomic mass is 10.0. The van der Waals surface area contributed by atoms with Crippen molar-refractivity contribution >= 4 is 23.9 Å². The minimum absolute atomic E-state index is 0.00745. The third-order valence-corrected chi connectivity index (χ3v) is 6.35. The van der Waals surface area contributed by atoms with Crippen molar-refractivity contribution in [1.82, 2.24) is 16.0 Å². The summed E-state index contributed by atoms with van der Waals surface area (Å²) in [4.78, 5) is 51.8. The number of benzene rings is 3. The van der Waals surface area contributed by atoms with E-state index < -0.39 is 48.1 Å². The molecule has 0 saturated carbocycles. The Kier molecular flexibility index (Phi) is 11.9. The van der Waals surface area contributed by atoms with Crippen LogP contribution in [-0.4, -0.2) is 65.4 Å². The molecule has 3 rings (SSSR count). The van der Waals surface area contributed by atoms with Crippen molar-refractivity contribution in [3.63, 3.8) is 0 Å². The van der Waals surface area contributed by atoms with Gasteiger partial charge >= 0.3 is 12.1 Å². The molecule has 0 saturated heterocycles. The number of amides is 3. The highest BCUT2D eigenvalue weighted by atomic mass is 16.5. The van der Waals surface area contributed by atoms with Gasteiger partial charge in [-0.2, -0.15) is 0 Å². The Morgan fingerprint density at radius 1 is 0.714 bits per heavy atom. The molecular weight excluding hydrogens is 542 g/mol. The molecule has 0 spiro atoms. The summed E-state index contributed by atoms with van der Waals surface area (Å²) in [7, 11) is 1.12. The molecule has 42 heavy (non-hydrogen) atoms. The lowest BCUT2D eigenvalue weighted by molar-refractivity contribution is -0.148. The van der Waals surface area contributed by atoms with Crippen LogP contribution in [-0.2, 0) is 43.3 Å². The summed E-state index contributed by atoms with van der Waals surface area (Å²) in [5, 5.41) is 27.4. The monoisotopic (exact) mass is 577 g/mol. The highest BCUT2D eigenvalue weighted by Crippen LogP contribution is 2.13. The summed E-state index contributed by atoms with van der Waals surface area (Å²) < 4.78 is 9.99. The molecule has 0 unspecified atom stereocenters. The highest BCUT2D eigenvalue weighted by molar-refractivity contribution is 5.93. The minimum Gasteiger partial charge on any atom is -0.508 e. The van der Waals surface area contributed by atoms with Crippen LogP contribution in [0.2, 0.25) is 0 Å². The van der Waals surface area contributed by atoms with E-state index in [1.165, 1.54) is 19.1 Å². The number of esters is 1. The molecule has 0 aliphatic carbocycles. The van der Waals surface area contributed by atoms with E-state index in [9.17, 15) is 29.4 Å². The normalized spacial score (nSPS) is 13.5. The lowest BCUT2D eigenvalue weighted by Crippen LogP contribution is -2.58. The van der Waals surface area contributed by atoms with Crippen molar-refractivity contribution in [3.8, 4) is 5.75 Å². The molecule has 11 heteroatoms. The number of aliphatic hydroxyl groups excluding tert-OH is 1. The van der Waals surface area contributed by atoms with E-state index in [1.807, 2.05) is 24.3 Å². The Hall–Kier alpha value is -4.90. The van der Waals surface area contributed by atoms with Crippen LogP contribution in [0.1, 0.15) is 23.6 Å². The summed E-state index contributed by atoms with van der Waals surface area (Å²) in [6.07, 6.45) is -2.03. The first-order valence-corrected chi connectivity index (χ1v) is 13.3. The van der Waals surface area contributed by atoms with Crippen LogP contribution in [0.5, 0.6) is 5.75 Å². The van der Waals surface area contributed by atoms with Gasteiger partial charge in [-0.3, -0.25) is 9.59 Å². The number of hydrogen-bond acceptors (Lipinski definition) is 8. The van der Waals surface area contributed by atoms with E-state index in [0.717, 1.165) is 18.2 Å². The van der Waals surface area contributed by atoms with Gasteiger partial charge in [-0.25, -0.2) is 9.59 Å². The van der Waals surface area contributed by atoms with Crippen molar-refractivity contribution in [2.75, 3.05) is 7.11 Å². The Balaban J connectivity index is 1.81. The Bertz CT molecular complexity index is 1320. The fourth-order valence-electron chi connectivity index (χ4n) is 4.07. The molecule has 3 aromatic rings. The number of phenols is 1. The first-order valence-electron chi connectivity index (χ1n) is 13.3. The molecule has 0 fully saturated rings. The maximum atomic E-state index is 13.6. The number of methoxy groups -OCH3 is 1. The van der Waals surface area contributed by atoms with Crippen molar-refractivity contribution in [2.45, 2.75) is 50.6 Å². The number of aliphatic hydroxyl groups is 1. The molecule has 4 atom stereocenters. The topological polar surface area (TPSA) is 163 Å². The number of hydrogen-bond donors (Lipinski definition) is 5. The number of ether oxygens (including phenoxy) is 2. The van der Waals surface area contributed by atoms with Gasteiger partial charge in [0.25, 0.3) is 0 Å². The Labute approximate surface area is 243 Å². The molecule has 3 amide bonds. The first kappa shape index (κ1) is 31.6. The second kappa shape index (κ2) is 15.8. The molecule has 0 aromatic heterocycles. The minimum atomic E-state index is -1.38. The maximum Gasteiger partial charge on any atom is 0.408 e. The quantitative estimate of drug-likeness (QED) is 0.193. The van der Waals surface area contributed by atoms with Crippen LogP contribution in [0, 0.1) is 0 Å². The molecular formula is C31H35N3O8. The van der Waals surface area contributed by atoms with E-state index in [0.29, 0.717) is 5.56 Å². The van der Waals surface area contributed by atoms with Crippen LogP contribution in [0.4, 0.5) is 4.79 Å². The van der Waals surface area contributed by atoms with Crippen molar-refractivity contribution < 1.29 is 38.9 Å². The van der Waals surface area contributed by atoms with E-state index in [1.54, 1.807) is 48.5 Å². The Morgan fingerprint density at radius 2 is 1.21 bits per heavy atom. The molecule has 3 aromatic carbocycles. The molecule has 0 aliphatic heterocycles. The number of carbonyl (C=O) groups is 4. The molecule has 0 heterocycles. The van der Waals surface area contributed by atoms with Gasteiger partial charge in [-0.1, -0.05) is 72.8 Å². The summed E-state index contributed by atoms with van der Waals surface area (Å²) in [6, 6.07) is 20.3. The SMILES string of the molecule is COC(=O)[C@H](NC(=O)[C@H](Cc1ccc(O)cc1)NC(=O)[C@H](Cc1ccccc1)NC(=O)OCc1ccccc1)[C@H](C)O. The van der Waals surface area contributed by atoms with Gasteiger partial charge in [-0.05, 0) is 35.7 Å². The highest BCUT2D eigenvalue weighted by Gasteiger charge is 2.32. The number of alkyl carbamates (subject to hydrolysis) is 1. The van der Waals surface area contributed by atoms with Gasteiger partial charge in [0.05, 0.1) is 13.2 Å². The van der Waals surface area contributed by atoms with Crippen LogP contribution in [0.3, 0.4) is 0 Å². The van der Waals surface area contributed by atoms with Crippen molar-refractivity contribution in [2.24, 2.45) is 0 Å². The van der Waals surface area contributed by atoms with Gasteiger partial charge in [0, 0.05) is 12.8 Å². The van der Waals surface area contributed by atoms with Gasteiger partial charge in [0.1, 0.15) is 24.4 Å². The number of phenolic OH excluding ortho intramolecular Hbond substituents is 1. The average molecular weight is 578 g/mol. The number of nitrogens with one attached hydrogen (secondary N) is 3. The predicted octanol–water partition coefficient (Wildman–Crippen LogP) is 2.00. The standard InChI is InChI=1S/C31H35N3O8/c1-20(35)27(30(39)41-2)34-29(38)25(18-22-13-15-24(36)16-14-22)32-28(37)26(17-21-9-5-3-6-10-21)33-31(40)42-19-23-11-7-4-8-12-23/h3-16,20,25-27,35-36H,17-19H2,1-2H3,(H,32,37)(H,33,40)(H,34,38)/t20-,25-,26-,27+/m0/s1. The van der Waals surface area contributed by atoms with Crippen LogP contribution >= 0.6 is 0 Å². The number of carbonyl (C=O) groups excluding carboxylic acids is 4. The van der Waals surface area contributed by atoms with Crippen LogP contribution in [0.25, 0.3) is 0 Å². The predicted molar refractivity (Wildman–Crippen MR) is 153 cm³/mol. The zero-order chi connectivity index (χ0) is 30.5. The van der Waals surface area contributed by atoms with Gasteiger partial charge in [0.15, 0.2) is 6.04 Å². The van der Waals surface area contributed by atoms with Crippen LogP contribution in [0.15, 0.2) is 84.9 Å². The fraction of sp³-hybridized carbons (Fsp3) is 0.290. The summed E-state index contributed by atoms with van der Waals surface area (Å²) in [5.41, 5.74) is 2.11. The van der Waals surface area contributed by atoms with E-state index in [4.69, 9.17) is 4.74 Å².